The Morgan fingerprint density at radius 3 is 2.69 bits per heavy atom. The van der Waals surface area contributed by atoms with Crippen molar-refractivity contribution in [3.63, 3.8) is 0 Å². The number of ether oxygens (including phenoxy) is 2. The lowest BCUT2D eigenvalue weighted by atomic mass is 9.87. The molecule has 1 aromatic rings. The van der Waals surface area contributed by atoms with Crippen LogP contribution < -0.4 is 0 Å². The van der Waals surface area contributed by atoms with Gasteiger partial charge in [-0.05, 0) is 11.6 Å². The minimum atomic E-state index is -0.832. The van der Waals surface area contributed by atoms with Crippen LogP contribution in [0.3, 0.4) is 0 Å². The fraction of sp³-hybridized carbons (Fsp3) is 0.154. The van der Waals surface area contributed by atoms with Gasteiger partial charge < -0.3 is 9.47 Å². The predicted molar refractivity (Wildman–Crippen MR) is 58.1 cm³/mol. The van der Waals surface area contributed by atoms with Crippen molar-refractivity contribution in [1.82, 2.24) is 0 Å². The molecule has 3 rings (SSSR count). The smallest absolute Gasteiger partial charge is 0.281 e. The molecule has 0 amide bonds. The van der Waals surface area contributed by atoms with Gasteiger partial charge in [0.05, 0.1) is 6.42 Å². The van der Waals surface area contributed by atoms with E-state index in [9.17, 15) is 4.79 Å². The Morgan fingerprint density at radius 2 is 1.94 bits per heavy atom. The SMILES string of the molecule is O=CC1=Cc2ccccc2C2(C1)OC=CO2. The van der Waals surface area contributed by atoms with Crippen molar-refractivity contribution >= 4 is 12.4 Å². The molecule has 0 unspecified atom stereocenters. The van der Waals surface area contributed by atoms with Gasteiger partial charge in [-0.25, -0.2) is 0 Å². The number of carbonyl (C=O) groups is 1. The molecular formula is C13H10O3. The molecule has 1 spiro atoms. The summed E-state index contributed by atoms with van der Waals surface area (Å²) < 4.78 is 11.1. The molecule has 3 heteroatoms. The molecular weight excluding hydrogens is 204 g/mol. The maximum Gasteiger partial charge on any atom is 0.281 e. The number of fused-ring (bicyclic) bond motifs is 2. The van der Waals surface area contributed by atoms with Crippen LogP contribution in [0, 0.1) is 0 Å². The molecule has 0 saturated carbocycles. The van der Waals surface area contributed by atoms with Gasteiger partial charge in [0, 0.05) is 11.1 Å². The van der Waals surface area contributed by atoms with Crippen LogP contribution in [-0.2, 0) is 20.1 Å². The van der Waals surface area contributed by atoms with Gasteiger partial charge in [-0.1, -0.05) is 24.3 Å². The van der Waals surface area contributed by atoms with Gasteiger partial charge in [0.25, 0.3) is 5.79 Å². The molecule has 0 aromatic heterocycles. The standard InChI is InChI=1S/C13H10O3/c14-9-10-7-11-3-1-2-4-12(11)13(8-10)15-5-6-16-13/h1-7,9H,8H2. The van der Waals surface area contributed by atoms with Crippen molar-refractivity contribution in [1.29, 1.82) is 0 Å². The van der Waals surface area contributed by atoms with Crippen LogP contribution in [0.25, 0.3) is 6.08 Å². The van der Waals surface area contributed by atoms with Crippen LogP contribution in [0.5, 0.6) is 0 Å². The average Bonchev–Trinajstić information content (AvgIpc) is 2.78. The van der Waals surface area contributed by atoms with Crippen LogP contribution in [0.15, 0.2) is 42.4 Å². The summed E-state index contributed by atoms with van der Waals surface area (Å²) in [7, 11) is 0. The van der Waals surface area contributed by atoms with Gasteiger partial charge in [-0.15, -0.1) is 0 Å². The van der Waals surface area contributed by atoms with Crippen LogP contribution in [0.1, 0.15) is 17.5 Å². The zero-order valence-electron chi connectivity index (χ0n) is 8.55. The van der Waals surface area contributed by atoms with E-state index in [1.165, 1.54) is 12.5 Å². The predicted octanol–water partition coefficient (Wildman–Crippen LogP) is 2.34. The number of hydrogen-bond donors (Lipinski definition) is 0. The minimum Gasteiger partial charge on any atom is -0.452 e. The van der Waals surface area contributed by atoms with Gasteiger partial charge in [-0.3, -0.25) is 4.79 Å². The summed E-state index contributed by atoms with van der Waals surface area (Å²) >= 11 is 0. The summed E-state index contributed by atoms with van der Waals surface area (Å²) in [6.07, 6.45) is 6.21. The van der Waals surface area contributed by atoms with Crippen molar-refractivity contribution in [2.75, 3.05) is 0 Å². The van der Waals surface area contributed by atoms with Gasteiger partial charge in [-0.2, -0.15) is 0 Å². The summed E-state index contributed by atoms with van der Waals surface area (Å²) in [6, 6.07) is 7.77. The molecule has 1 heterocycles. The van der Waals surface area contributed by atoms with Crippen molar-refractivity contribution in [3.05, 3.63) is 53.5 Å². The van der Waals surface area contributed by atoms with E-state index in [-0.39, 0.29) is 0 Å². The van der Waals surface area contributed by atoms with Gasteiger partial charge in [0.1, 0.15) is 18.8 Å². The lowest BCUT2D eigenvalue weighted by Gasteiger charge is -2.32. The molecule has 0 saturated heterocycles. The fourth-order valence-electron chi connectivity index (χ4n) is 2.17. The lowest BCUT2D eigenvalue weighted by Crippen LogP contribution is -2.31. The summed E-state index contributed by atoms with van der Waals surface area (Å²) in [6.45, 7) is 0. The Labute approximate surface area is 93.0 Å². The van der Waals surface area contributed by atoms with E-state index >= 15 is 0 Å². The first kappa shape index (κ1) is 9.21. The maximum absolute atomic E-state index is 10.9. The van der Waals surface area contributed by atoms with Crippen LogP contribution >= 0.6 is 0 Å². The summed E-state index contributed by atoms with van der Waals surface area (Å²) in [4.78, 5) is 10.9. The Morgan fingerprint density at radius 1 is 1.19 bits per heavy atom. The Kier molecular flexibility index (Phi) is 1.86. The highest BCUT2D eigenvalue weighted by atomic mass is 16.7. The second-order valence-corrected chi connectivity index (χ2v) is 3.86. The maximum atomic E-state index is 10.9. The Hall–Kier alpha value is -2.03. The van der Waals surface area contributed by atoms with Gasteiger partial charge in [0.15, 0.2) is 0 Å². The first-order valence-corrected chi connectivity index (χ1v) is 5.10. The van der Waals surface area contributed by atoms with E-state index in [1.54, 1.807) is 0 Å². The minimum absolute atomic E-state index is 0.445. The molecule has 0 radical (unpaired) electrons. The number of benzene rings is 1. The Bertz CT molecular complexity index is 492. The van der Waals surface area contributed by atoms with Crippen molar-refractivity contribution in [2.45, 2.75) is 12.2 Å². The van der Waals surface area contributed by atoms with Crippen molar-refractivity contribution < 1.29 is 14.3 Å². The highest BCUT2D eigenvalue weighted by molar-refractivity contribution is 5.84. The Balaban J connectivity index is 2.17. The van der Waals surface area contributed by atoms with E-state index in [0.717, 1.165) is 17.4 Å². The monoisotopic (exact) mass is 214 g/mol. The molecule has 1 aromatic carbocycles. The van der Waals surface area contributed by atoms with E-state index in [0.29, 0.717) is 12.0 Å². The number of hydrogen-bond acceptors (Lipinski definition) is 3. The third-order valence-corrected chi connectivity index (χ3v) is 2.87. The number of aldehydes is 1. The quantitative estimate of drug-likeness (QED) is 0.673. The van der Waals surface area contributed by atoms with Crippen molar-refractivity contribution in [2.24, 2.45) is 0 Å². The summed E-state index contributed by atoms with van der Waals surface area (Å²) in [5.74, 6) is -0.832. The molecule has 2 aliphatic rings. The molecule has 0 bridgehead atoms. The zero-order chi connectivity index (χ0) is 11.0. The van der Waals surface area contributed by atoms with Crippen LogP contribution in [0.4, 0.5) is 0 Å². The molecule has 0 atom stereocenters. The fourth-order valence-corrected chi connectivity index (χ4v) is 2.17. The lowest BCUT2D eigenvalue weighted by molar-refractivity contribution is -0.150. The van der Waals surface area contributed by atoms with E-state index < -0.39 is 5.79 Å². The molecule has 16 heavy (non-hydrogen) atoms. The summed E-state index contributed by atoms with van der Waals surface area (Å²) in [5, 5.41) is 0. The van der Waals surface area contributed by atoms with E-state index in [1.807, 2.05) is 30.3 Å². The van der Waals surface area contributed by atoms with Crippen LogP contribution in [-0.4, -0.2) is 6.29 Å². The molecule has 80 valence electrons. The van der Waals surface area contributed by atoms with E-state index in [2.05, 4.69) is 0 Å². The second-order valence-electron chi connectivity index (χ2n) is 3.86. The summed E-state index contributed by atoms with van der Waals surface area (Å²) in [5.41, 5.74) is 2.62. The molecule has 0 fully saturated rings. The topological polar surface area (TPSA) is 35.5 Å². The first-order chi connectivity index (χ1) is 7.84. The van der Waals surface area contributed by atoms with Crippen LogP contribution in [0.2, 0.25) is 0 Å². The third-order valence-electron chi connectivity index (χ3n) is 2.87. The van der Waals surface area contributed by atoms with Gasteiger partial charge in [0.2, 0.25) is 0 Å². The first-order valence-electron chi connectivity index (χ1n) is 5.10. The highest BCUT2D eigenvalue weighted by Crippen LogP contribution is 2.42. The molecule has 1 aliphatic heterocycles. The van der Waals surface area contributed by atoms with E-state index in [4.69, 9.17) is 9.47 Å². The third kappa shape index (κ3) is 1.18. The average molecular weight is 214 g/mol. The molecule has 1 aliphatic carbocycles. The van der Waals surface area contributed by atoms with Gasteiger partial charge >= 0.3 is 0 Å². The highest BCUT2D eigenvalue weighted by Gasteiger charge is 2.42. The largest absolute Gasteiger partial charge is 0.452 e. The zero-order valence-corrected chi connectivity index (χ0v) is 8.55. The number of carbonyl (C=O) groups excluding carboxylic acids is 1. The number of rotatable bonds is 1. The normalized spacial score (nSPS) is 19.6. The molecule has 3 nitrogen and oxygen atoms in total. The van der Waals surface area contributed by atoms with Crippen molar-refractivity contribution in [3.8, 4) is 0 Å². The second kappa shape index (κ2) is 3.23. The molecule has 0 N–H and O–H groups in total.